The first-order valence-electron chi connectivity index (χ1n) is 7.69. The molecule has 0 radical (unpaired) electrons. The zero-order chi connectivity index (χ0) is 16.1. The van der Waals surface area contributed by atoms with E-state index in [0.29, 0.717) is 0 Å². The van der Waals surface area contributed by atoms with E-state index in [4.69, 9.17) is 13.9 Å². The third-order valence-electron chi connectivity index (χ3n) is 3.81. The molecule has 4 nitrogen and oxygen atoms in total. The van der Waals surface area contributed by atoms with Crippen molar-refractivity contribution in [2.45, 2.75) is 13.0 Å². The average Bonchev–Trinajstić information content (AvgIpc) is 3.01. The molecule has 0 amide bonds. The Morgan fingerprint density at radius 1 is 0.957 bits per heavy atom. The quantitative estimate of drug-likeness (QED) is 0.674. The van der Waals surface area contributed by atoms with E-state index in [1.54, 1.807) is 14.2 Å². The average molecular weight is 311 g/mol. The van der Waals surface area contributed by atoms with E-state index in [0.717, 1.165) is 47.7 Å². The number of methoxy groups -OCH3 is 2. The van der Waals surface area contributed by atoms with Gasteiger partial charge in [-0.25, -0.2) is 0 Å². The summed E-state index contributed by atoms with van der Waals surface area (Å²) in [5, 5.41) is 4.55. The lowest BCUT2D eigenvalue weighted by Crippen LogP contribution is -2.16. The lowest BCUT2D eigenvalue weighted by atomic mass is 10.1. The van der Waals surface area contributed by atoms with Crippen LogP contribution in [-0.2, 0) is 13.0 Å². The van der Waals surface area contributed by atoms with Crippen LogP contribution in [0.25, 0.3) is 11.0 Å². The maximum absolute atomic E-state index is 5.79. The molecule has 0 bridgehead atoms. The number of fused-ring (bicyclic) bond motifs is 1. The van der Waals surface area contributed by atoms with Gasteiger partial charge in [0, 0.05) is 5.39 Å². The van der Waals surface area contributed by atoms with Crippen LogP contribution in [0.5, 0.6) is 11.5 Å². The van der Waals surface area contributed by atoms with Crippen molar-refractivity contribution in [2.24, 2.45) is 0 Å². The number of para-hydroxylation sites is 1. The minimum Gasteiger partial charge on any atom is -0.493 e. The molecule has 0 unspecified atom stereocenters. The van der Waals surface area contributed by atoms with Crippen LogP contribution in [0.15, 0.2) is 52.9 Å². The smallest absolute Gasteiger partial charge is 0.160 e. The summed E-state index contributed by atoms with van der Waals surface area (Å²) >= 11 is 0. The van der Waals surface area contributed by atoms with E-state index in [2.05, 4.69) is 23.5 Å². The van der Waals surface area contributed by atoms with Crippen molar-refractivity contribution in [1.82, 2.24) is 5.32 Å². The van der Waals surface area contributed by atoms with Crippen LogP contribution in [-0.4, -0.2) is 20.8 Å². The number of rotatable bonds is 7. The van der Waals surface area contributed by atoms with Gasteiger partial charge in [-0.15, -0.1) is 0 Å². The van der Waals surface area contributed by atoms with Crippen molar-refractivity contribution in [2.75, 3.05) is 20.8 Å². The summed E-state index contributed by atoms with van der Waals surface area (Å²) in [7, 11) is 3.30. The summed E-state index contributed by atoms with van der Waals surface area (Å²) in [6.07, 6.45) is 0.917. The molecule has 23 heavy (non-hydrogen) atoms. The Morgan fingerprint density at radius 3 is 2.57 bits per heavy atom. The predicted molar refractivity (Wildman–Crippen MR) is 91.2 cm³/mol. The molecule has 4 heteroatoms. The lowest BCUT2D eigenvalue weighted by molar-refractivity contribution is 0.354. The SMILES string of the molecule is COc1ccc(CCNCc2cc3ccccc3o2)cc1OC. The Morgan fingerprint density at radius 2 is 1.78 bits per heavy atom. The molecule has 2 aromatic carbocycles. The monoisotopic (exact) mass is 311 g/mol. The molecule has 0 fully saturated rings. The first-order chi connectivity index (χ1) is 11.3. The highest BCUT2D eigenvalue weighted by Gasteiger charge is 2.05. The maximum Gasteiger partial charge on any atom is 0.160 e. The van der Waals surface area contributed by atoms with E-state index < -0.39 is 0 Å². The van der Waals surface area contributed by atoms with Crippen molar-refractivity contribution >= 4 is 11.0 Å². The van der Waals surface area contributed by atoms with Gasteiger partial charge in [0.1, 0.15) is 11.3 Å². The summed E-state index contributed by atoms with van der Waals surface area (Å²) in [4.78, 5) is 0. The van der Waals surface area contributed by atoms with Crippen LogP contribution in [0.4, 0.5) is 0 Å². The van der Waals surface area contributed by atoms with Crippen molar-refractivity contribution in [3.05, 3.63) is 59.9 Å². The van der Waals surface area contributed by atoms with Gasteiger partial charge in [0.05, 0.1) is 20.8 Å². The van der Waals surface area contributed by atoms with Crippen LogP contribution in [0.1, 0.15) is 11.3 Å². The second-order valence-corrected chi connectivity index (χ2v) is 5.37. The van der Waals surface area contributed by atoms with Crippen molar-refractivity contribution in [1.29, 1.82) is 0 Å². The summed E-state index contributed by atoms with van der Waals surface area (Å²) in [5.74, 6) is 2.48. The van der Waals surface area contributed by atoms with Gasteiger partial charge in [-0.3, -0.25) is 0 Å². The highest BCUT2D eigenvalue weighted by Crippen LogP contribution is 2.27. The Labute approximate surface area is 136 Å². The second kappa shape index (κ2) is 7.20. The number of ether oxygens (including phenoxy) is 2. The van der Waals surface area contributed by atoms with Gasteiger partial charge in [-0.2, -0.15) is 0 Å². The number of furan rings is 1. The molecular formula is C19H21NO3. The van der Waals surface area contributed by atoms with E-state index >= 15 is 0 Å². The fourth-order valence-corrected chi connectivity index (χ4v) is 2.60. The number of nitrogens with one attached hydrogen (secondary N) is 1. The first kappa shape index (κ1) is 15.4. The standard InChI is InChI=1S/C19H21NO3/c1-21-18-8-7-14(11-19(18)22-2)9-10-20-13-16-12-15-5-3-4-6-17(15)23-16/h3-8,11-12,20H,9-10,13H2,1-2H3. The fraction of sp³-hybridized carbons (Fsp3) is 0.263. The molecule has 1 aromatic heterocycles. The summed E-state index contributed by atoms with van der Waals surface area (Å²) in [6, 6.07) is 16.2. The zero-order valence-electron chi connectivity index (χ0n) is 13.5. The summed E-state index contributed by atoms with van der Waals surface area (Å²) < 4.78 is 16.4. The van der Waals surface area contributed by atoms with Crippen molar-refractivity contribution in [3.63, 3.8) is 0 Å². The van der Waals surface area contributed by atoms with Crippen LogP contribution in [0, 0.1) is 0 Å². The van der Waals surface area contributed by atoms with Crippen LogP contribution >= 0.6 is 0 Å². The minimum atomic E-state index is 0.724. The van der Waals surface area contributed by atoms with Crippen molar-refractivity contribution in [3.8, 4) is 11.5 Å². The second-order valence-electron chi connectivity index (χ2n) is 5.37. The number of hydrogen-bond donors (Lipinski definition) is 1. The van der Waals surface area contributed by atoms with Crippen LogP contribution in [0.3, 0.4) is 0 Å². The molecule has 120 valence electrons. The van der Waals surface area contributed by atoms with Gasteiger partial charge in [0.2, 0.25) is 0 Å². The molecule has 0 spiro atoms. The van der Waals surface area contributed by atoms with E-state index in [1.807, 2.05) is 30.3 Å². The molecule has 0 saturated carbocycles. The van der Waals surface area contributed by atoms with Gasteiger partial charge < -0.3 is 19.2 Å². The first-order valence-corrected chi connectivity index (χ1v) is 7.69. The van der Waals surface area contributed by atoms with E-state index in [-0.39, 0.29) is 0 Å². The van der Waals surface area contributed by atoms with Gasteiger partial charge in [-0.1, -0.05) is 24.3 Å². The Kier molecular flexibility index (Phi) is 4.83. The normalized spacial score (nSPS) is 10.9. The molecule has 0 atom stereocenters. The molecule has 3 rings (SSSR count). The molecule has 1 N–H and O–H groups in total. The Bertz CT molecular complexity index is 746. The molecular weight excluding hydrogens is 290 g/mol. The van der Waals surface area contributed by atoms with Gasteiger partial charge in [-0.05, 0) is 42.8 Å². The molecule has 1 heterocycles. The largest absolute Gasteiger partial charge is 0.493 e. The number of benzene rings is 2. The minimum absolute atomic E-state index is 0.724. The molecule has 0 saturated heterocycles. The molecule has 3 aromatic rings. The number of hydrogen-bond acceptors (Lipinski definition) is 4. The molecule has 0 aliphatic carbocycles. The predicted octanol–water partition coefficient (Wildman–Crippen LogP) is 3.78. The maximum atomic E-state index is 5.79. The third kappa shape index (κ3) is 3.66. The Hall–Kier alpha value is -2.46. The van der Waals surface area contributed by atoms with E-state index in [1.165, 1.54) is 5.56 Å². The van der Waals surface area contributed by atoms with Crippen molar-refractivity contribution < 1.29 is 13.9 Å². The van der Waals surface area contributed by atoms with Crippen LogP contribution < -0.4 is 14.8 Å². The summed E-state index contributed by atoms with van der Waals surface area (Å²) in [5.41, 5.74) is 2.14. The Balaban J connectivity index is 1.53. The summed E-state index contributed by atoms with van der Waals surface area (Å²) in [6.45, 7) is 1.59. The van der Waals surface area contributed by atoms with Crippen LogP contribution in [0.2, 0.25) is 0 Å². The highest BCUT2D eigenvalue weighted by atomic mass is 16.5. The van der Waals surface area contributed by atoms with Gasteiger partial charge in [0.15, 0.2) is 11.5 Å². The molecule has 0 aliphatic rings. The fourth-order valence-electron chi connectivity index (χ4n) is 2.60. The van der Waals surface area contributed by atoms with Gasteiger partial charge in [0.25, 0.3) is 0 Å². The third-order valence-corrected chi connectivity index (χ3v) is 3.81. The molecule has 0 aliphatic heterocycles. The highest BCUT2D eigenvalue weighted by molar-refractivity contribution is 5.77. The zero-order valence-corrected chi connectivity index (χ0v) is 13.5. The van der Waals surface area contributed by atoms with E-state index in [9.17, 15) is 0 Å². The topological polar surface area (TPSA) is 43.6 Å². The lowest BCUT2D eigenvalue weighted by Gasteiger charge is -2.09. The van der Waals surface area contributed by atoms with Gasteiger partial charge >= 0.3 is 0 Å².